The van der Waals surface area contributed by atoms with Crippen LogP contribution in [0.2, 0.25) is 0 Å². The highest BCUT2D eigenvalue weighted by atomic mass is 16.3. The third-order valence-electron chi connectivity index (χ3n) is 3.14. The van der Waals surface area contributed by atoms with Crippen LogP contribution in [0.5, 0.6) is 0 Å². The number of nitrogens with zero attached hydrogens (tertiary/aromatic N) is 3. The van der Waals surface area contributed by atoms with E-state index in [0.29, 0.717) is 5.92 Å². The summed E-state index contributed by atoms with van der Waals surface area (Å²) in [5, 5.41) is 10.1. The Hall–Kier alpha value is -1.16. The van der Waals surface area contributed by atoms with Crippen LogP contribution in [0.4, 0.5) is 5.82 Å². The lowest BCUT2D eigenvalue weighted by Gasteiger charge is -2.47. The first-order chi connectivity index (χ1) is 6.78. The van der Waals surface area contributed by atoms with E-state index in [0.717, 1.165) is 18.9 Å². The summed E-state index contributed by atoms with van der Waals surface area (Å²) in [5.74, 6) is 1.41. The van der Waals surface area contributed by atoms with Crippen molar-refractivity contribution < 1.29 is 5.11 Å². The molecule has 4 heteroatoms. The molecule has 1 saturated heterocycles. The van der Waals surface area contributed by atoms with Crippen LogP contribution in [-0.2, 0) is 0 Å². The van der Waals surface area contributed by atoms with Gasteiger partial charge in [0.25, 0.3) is 0 Å². The summed E-state index contributed by atoms with van der Waals surface area (Å²) in [6.07, 6.45) is 7.46. The van der Waals surface area contributed by atoms with Crippen LogP contribution in [-0.4, -0.2) is 33.8 Å². The average molecular weight is 191 g/mol. The lowest BCUT2D eigenvalue weighted by molar-refractivity contribution is -0.00977. The Morgan fingerprint density at radius 2 is 2.14 bits per heavy atom. The third-order valence-corrected chi connectivity index (χ3v) is 3.14. The fraction of sp³-hybridized carbons (Fsp3) is 0.600. The zero-order chi connectivity index (χ0) is 9.60. The molecule has 1 N–H and O–H groups in total. The molecule has 0 amide bonds. The van der Waals surface area contributed by atoms with Gasteiger partial charge < -0.3 is 10.0 Å². The van der Waals surface area contributed by atoms with E-state index in [1.54, 1.807) is 18.6 Å². The van der Waals surface area contributed by atoms with Crippen molar-refractivity contribution in [1.29, 1.82) is 0 Å². The van der Waals surface area contributed by atoms with Crippen molar-refractivity contribution >= 4 is 5.82 Å². The minimum Gasteiger partial charge on any atom is -0.386 e. The number of aromatic nitrogens is 2. The summed E-state index contributed by atoms with van der Waals surface area (Å²) in [6, 6.07) is 0. The van der Waals surface area contributed by atoms with Gasteiger partial charge in [0.05, 0.1) is 19.3 Å². The molecule has 74 valence electrons. The highest BCUT2D eigenvalue weighted by Crippen LogP contribution is 2.45. The number of hydrogen-bond donors (Lipinski definition) is 1. The molecule has 1 aliphatic heterocycles. The number of aliphatic hydroxyl groups is 1. The molecule has 1 saturated carbocycles. The highest BCUT2D eigenvalue weighted by molar-refractivity contribution is 5.42. The van der Waals surface area contributed by atoms with Crippen LogP contribution in [0.1, 0.15) is 12.8 Å². The topological polar surface area (TPSA) is 49.2 Å². The minimum absolute atomic E-state index is 0.433. The molecule has 2 heterocycles. The molecule has 1 aromatic rings. The summed E-state index contributed by atoms with van der Waals surface area (Å²) in [4.78, 5) is 10.3. The second-order valence-corrected chi connectivity index (χ2v) is 4.30. The SMILES string of the molecule is OC1(C2CC2)CN(c2cnccn2)C1. The summed E-state index contributed by atoms with van der Waals surface area (Å²) in [6.45, 7) is 1.44. The van der Waals surface area contributed by atoms with E-state index in [4.69, 9.17) is 0 Å². The molecule has 4 nitrogen and oxygen atoms in total. The fourth-order valence-electron chi connectivity index (χ4n) is 2.11. The van der Waals surface area contributed by atoms with Crippen molar-refractivity contribution in [3.8, 4) is 0 Å². The van der Waals surface area contributed by atoms with Gasteiger partial charge >= 0.3 is 0 Å². The van der Waals surface area contributed by atoms with E-state index in [2.05, 4.69) is 14.9 Å². The van der Waals surface area contributed by atoms with E-state index in [9.17, 15) is 5.11 Å². The van der Waals surface area contributed by atoms with E-state index < -0.39 is 5.60 Å². The Labute approximate surface area is 82.6 Å². The van der Waals surface area contributed by atoms with Crippen LogP contribution < -0.4 is 4.90 Å². The van der Waals surface area contributed by atoms with Crippen molar-refractivity contribution in [3.05, 3.63) is 18.6 Å². The molecule has 0 aromatic carbocycles. The van der Waals surface area contributed by atoms with E-state index >= 15 is 0 Å². The van der Waals surface area contributed by atoms with Gasteiger partial charge in [0.15, 0.2) is 0 Å². The van der Waals surface area contributed by atoms with Gasteiger partial charge in [-0.15, -0.1) is 0 Å². The molecule has 2 aliphatic rings. The van der Waals surface area contributed by atoms with Gasteiger partial charge in [0, 0.05) is 12.4 Å². The number of β-amino-alcohol motifs (C(OH)–C–C–N with tert-alkyl or cyclic N) is 1. The van der Waals surface area contributed by atoms with Crippen molar-refractivity contribution in [3.63, 3.8) is 0 Å². The van der Waals surface area contributed by atoms with Crippen LogP contribution in [0, 0.1) is 5.92 Å². The van der Waals surface area contributed by atoms with Gasteiger partial charge in [-0.3, -0.25) is 4.98 Å². The van der Waals surface area contributed by atoms with E-state index in [1.807, 2.05) is 0 Å². The molecule has 2 fully saturated rings. The maximum atomic E-state index is 10.1. The normalized spacial score (nSPS) is 24.5. The molecule has 14 heavy (non-hydrogen) atoms. The predicted octanol–water partition coefficient (Wildman–Crippen LogP) is 0.438. The lowest BCUT2D eigenvalue weighted by atomic mass is 9.89. The van der Waals surface area contributed by atoms with Crippen LogP contribution in [0.25, 0.3) is 0 Å². The summed E-state index contributed by atoms with van der Waals surface area (Å²) in [7, 11) is 0. The smallest absolute Gasteiger partial charge is 0.147 e. The van der Waals surface area contributed by atoms with Gasteiger partial charge in [-0.05, 0) is 18.8 Å². The van der Waals surface area contributed by atoms with Gasteiger partial charge in [0.2, 0.25) is 0 Å². The van der Waals surface area contributed by atoms with Gasteiger partial charge in [-0.25, -0.2) is 4.98 Å². The van der Waals surface area contributed by atoms with E-state index in [-0.39, 0.29) is 0 Å². The Kier molecular flexibility index (Phi) is 1.56. The Balaban J connectivity index is 1.69. The van der Waals surface area contributed by atoms with Crippen molar-refractivity contribution in [2.24, 2.45) is 5.92 Å². The monoisotopic (exact) mass is 191 g/mol. The molecule has 0 radical (unpaired) electrons. The quantitative estimate of drug-likeness (QED) is 0.736. The Bertz CT molecular complexity index is 330. The molecular formula is C10H13N3O. The summed E-state index contributed by atoms with van der Waals surface area (Å²) < 4.78 is 0. The zero-order valence-electron chi connectivity index (χ0n) is 7.93. The molecular weight excluding hydrogens is 178 g/mol. The predicted molar refractivity (Wildman–Crippen MR) is 51.9 cm³/mol. The minimum atomic E-state index is -0.433. The summed E-state index contributed by atoms with van der Waals surface area (Å²) >= 11 is 0. The molecule has 1 aromatic heterocycles. The first-order valence-corrected chi connectivity index (χ1v) is 5.01. The second kappa shape index (κ2) is 2.67. The van der Waals surface area contributed by atoms with Crippen molar-refractivity contribution in [1.82, 2.24) is 9.97 Å². The largest absolute Gasteiger partial charge is 0.386 e. The van der Waals surface area contributed by atoms with Gasteiger partial charge in [-0.2, -0.15) is 0 Å². The fourth-order valence-corrected chi connectivity index (χ4v) is 2.11. The first-order valence-electron chi connectivity index (χ1n) is 5.01. The Morgan fingerprint density at radius 1 is 1.36 bits per heavy atom. The van der Waals surface area contributed by atoms with Crippen molar-refractivity contribution in [2.75, 3.05) is 18.0 Å². The number of anilines is 1. The standard InChI is InChI=1S/C10H13N3O/c14-10(8-1-2-8)6-13(7-10)9-5-11-3-4-12-9/h3-5,8,14H,1-2,6-7H2. The van der Waals surface area contributed by atoms with Crippen LogP contribution in [0.3, 0.4) is 0 Å². The second-order valence-electron chi connectivity index (χ2n) is 4.30. The first kappa shape index (κ1) is 8.17. The van der Waals surface area contributed by atoms with Crippen molar-refractivity contribution in [2.45, 2.75) is 18.4 Å². The molecule has 0 spiro atoms. The molecule has 1 aliphatic carbocycles. The molecule has 0 bridgehead atoms. The van der Waals surface area contributed by atoms with E-state index in [1.165, 1.54) is 12.8 Å². The zero-order valence-corrected chi connectivity index (χ0v) is 7.93. The number of rotatable bonds is 2. The van der Waals surface area contributed by atoms with Gasteiger partial charge in [0.1, 0.15) is 11.4 Å². The average Bonchev–Trinajstić information content (AvgIpc) is 2.98. The number of hydrogen-bond acceptors (Lipinski definition) is 4. The lowest BCUT2D eigenvalue weighted by Crippen LogP contribution is -2.63. The van der Waals surface area contributed by atoms with Gasteiger partial charge in [-0.1, -0.05) is 0 Å². The maximum absolute atomic E-state index is 10.1. The van der Waals surface area contributed by atoms with Crippen LogP contribution in [0.15, 0.2) is 18.6 Å². The molecule has 3 rings (SSSR count). The third kappa shape index (κ3) is 1.18. The Morgan fingerprint density at radius 3 is 2.71 bits per heavy atom. The molecule has 0 unspecified atom stereocenters. The summed E-state index contributed by atoms with van der Waals surface area (Å²) in [5.41, 5.74) is -0.433. The molecule has 0 atom stereocenters. The van der Waals surface area contributed by atoms with Crippen LogP contribution >= 0.6 is 0 Å². The highest BCUT2D eigenvalue weighted by Gasteiger charge is 2.52. The maximum Gasteiger partial charge on any atom is 0.147 e.